The molecule has 0 aliphatic rings. The maximum Gasteiger partial charge on any atom is 0.283 e. The Morgan fingerprint density at radius 1 is 1.05 bits per heavy atom. The summed E-state index contributed by atoms with van der Waals surface area (Å²) in [6, 6.07) is 6.77. The van der Waals surface area contributed by atoms with E-state index >= 15 is 4.39 Å². The van der Waals surface area contributed by atoms with Crippen molar-refractivity contribution < 1.29 is 4.39 Å². The lowest BCUT2D eigenvalue weighted by molar-refractivity contribution is 0.576. The molecule has 4 heterocycles. The van der Waals surface area contributed by atoms with E-state index in [9.17, 15) is 9.59 Å². The zero-order chi connectivity index (χ0) is 28.1. The monoisotopic (exact) mass is 528 g/mol. The van der Waals surface area contributed by atoms with Crippen LogP contribution in [0.3, 0.4) is 0 Å². The average Bonchev–Trinajstić information content (AvgIpc) is 3.29. The molecule has 1 aromatic carbocycles. The van der Waals surface area contributed by atoms with Gasteiger partial charge in [-0.25, -0.2) is 14.1 Å². The number of aromatic nitrogens is 7. The van der Waals surface area contributed by atoms with E-state index in [1.165, 1.54) is 27.7 Å². The van der Waals surface area contributed by atoms with Gasteiger partial charge in [-0.15, -0.1) is 5.10 Å². The van der Waals surface area contributed by atoms with Crippen LogP contribution in [-0.2, 0) is 25.9 Å². The third kappa shape index (κ3) is 4.60. The van der Waals surface area contributed by atoms with Crippen molar-refractivity contribution in [1.29, 1.82) is 0 Å². The Morgan fingerprint density at radius 3 is 2.49 bits per heavy atom. The molecule has 0 fully saturated rings. The minimum atomic E-state index is -0.591. The molecule has 0 atom stereocenters. The number of halogens is 1. The molecule has 200 valence electrons. The molecule has 0 saturated heterocycles. The lowest BCUT2D eigenvalue weighted by Crippen LogP contribution is -2.25. The number of pyridine rings is 2. The molecule has 39 heavy (non-hydrogen) atoms. The Balaban J connectivity index is 1.67. The Labute approximate surface area is 223 Å². The topological polar surface area (TPSA) is 113 Å². The molecule has 1 N–H and O–H groups in total. The molecule has 0 amide bonds. The van der Waals surface area contributed by atoms with Gasteiger partial charge in [-0.05, 0) is 47.2 Å². The molecule has 4 aromatic heterocycles. The molecule has 10 nitrogen and oxygen atoms in total. The number of benzene rings is 1. The van der Waals surface area contributed by atoms with E-state index in [1.807, 2.05) is 33.8 Å². The molecule has 0 aliphatic carbocycles. The summed E-state index contributed by atoms with van der Waals surface area (Å²) in [6.45, 7) is 7.90. The molecular formula is C28H29FN8O2. The molecule has 0 spiro atoms. The number of aryl methyl sites for hydroxylation is 2. The second-order valence-electron chi connectivity index (χ2n) is 10.5. The third-order valence-electron chi connectivity index (χ3n) is 6.76. The van der Waals surface area contributed by atoms with Crippen molar-refractivity contribution in [1.82, 2.24) is 34.3 Å². The van der Waals surface area contributed by atoms with Crippen molar-refractivity contribution in [3.05, 3.63) is 86.7 Å². The molecule has 5 aromatic rings. The predicted molar refractivity (Wildman–Crippen MR) is 148 cm³/mol. The van der Waals surface area contributed by atoms with Crippen LogP contribution in [0.15, 0.2) is 58.6 Å². The van der Waals surface area contributed by atoms with Gasteiger partial charge in [0, 0.05) is 43.0 Å². The molecule has 0 unspecified atom stereocenters. The molecule has 11 heteroatoms. The van der Waals surface area contributed by atoms with Gasteiger partial charge in [0.2, 0.25) is 0 Å². The number of hydrogen-bond donors (Lipinski definition) is 1. The van der Waals surface area contributed by atoms with Crippen LogP contribution in [0.1, 0.15) is 38.8 Å². The van der Waals surface area contributed by atoms with E-state index in [0.29, 0.717) is 29.1 Å². The Bertz CT molecular complexity index is 1850. The number of rotatable bonds is 5. The van der Waals surface area contributed by atoms with Gasteiger partial charge in [0.05, 0.1) is 17.8 Å². The first-order chi connectivity index (χ1) is 18.5. The van der Waals surface area contributed by atoms with Gasteiger partial charge in [-0.1, -0.05) is 32.9 Å². The van der Waals surface area contributed by atoms with Crippen molar-refractivity contribution in [2.75, 3.05) is 5.32 Å². The normalized spacial score (nSPS) is 11.8. The SMILES string of the molecule is CCc1c(-c2cc(Nc3cnnn3C)c(=O)n(C)c2)ccnc1-n1ncc2cc(C(C)(C)C)cc(F)c2c1=O. The van der Waals surface area contributed by atoms with E-state index in [1.54, 1.807) is 38.6 Å². The van der Waals surface area contributed by atoms with Gasteiger partial charge >= 0.3 is 0 Å². The summed E-state index contributed by atoms with van der Waals surface area (Å²) >= 11 is 0. The van der Waals surface area contributed by atoms with Crippen molar-refractivity contribution in [3.8, 4) is 16.9 Å². The summed E-state index contributed by atoms with van der Waals surface area (Å²) < 4.78 is 19.4. The van der Waals surface area contributed by atoms with Gasteiger partial charge in [0.1, 0.15) is 17.3 Å². The fourth-order valence-electron chi connectivity index (χ4n) is 4.59. The van der Waals surface area contributed by atoms with Crippen molar-refractivity contribution in [3.63, 3.8) is 0 Å². The lowest BCUT2D eigenvalue weighted by atomic mass is 9.86. The van der Waals surface area contributed by atoms with Crippen LogP contribution in [0.2, 0.25) is 0 Å². The Kier molecular flexibility index (Phi) is 6.37. The summed E-state index contributed by atoms with van der Waals surface area (Å²) in [7, 11) is 3.38. The maximum absolute atomic E-state index is 15.3. The fourth-order valence-corrected chi connectivity index (χ4v) is 4.59. The van der Waals surface area contributed by atoms with Gasteiger partial charge < -0.3 is 9.88 Å². The minimum Gasteiger partial charge on any atom is -0.335 e. The zero-order valence-electron chi connectivity index (χ0n) is 22.7. The first-order valence-electron chi connectivity index (χ1n) is 12.5. The molecule has 0 bridgehead atoms. The van der Waals surface area contributed by atoms with Gasteiger partial charge in [0.15, 0.2) is 5.82 Å². The fraction of sp³-hybridized carbons (Fsp3) is 0.286. The van der Waals surface area contributed by atoms with Crippen molar-refractivity contribution in [2.45, 2.75) is 39.5 Å². The first kappa shape index (κ1) is 26.0. The number of anilines is 2. The van der Waals surface area contributed by atoms with E-state index in [0.717, 1.165) is 26.9 Å². The summed E-state index contributed by atoms with van der Waals surface area (Å²) in [5, 5.41) is 15.6. The first-order valence-corrected chi connectivity index (χ1v) is 12.5. The van der Waals surface area contributed by atoms with E-state index in [2.05, 4.69) is 25.7 Å². The van der Waals surface area contributed by atoms with Gasteiger partial charge in [-0.3, -0.25) is 9.59 Å². The van der Waals surface area contributed by atoms with Crippen LogP contribution >= 0.6 is 0 Å². The number of nitrogens with zero attached hydrogens (tertiary/aromatic N) is 7. The molecule has 5 rings (SSSR count). The smallest absolute Gasteiger partial charge is 0.283 e. The Hall–Kier alpha value is -4.67. The highest BCUT2D eigenvalue weighted by molar-refractivity contribution is 5.83. The maximum atomic E-state index is 15.3. The van der Waals surface area contributed by atoms with Crippen LogP contribution in [0.5, 0.6) is 0 Å². The van der Waals surface area contributed by atoms with Gasteiger partial charge in [0.25, 0.3) is 11.1 Å². The van der Waals surface area contributed by atoms with E-state index < -0.39 is 11.4 Å². The summed E-state index contributed by atoms with van der Waals surface area (Å²) in [5.74, 6) is 0.269. The van der Waals surface area contributed by atoms with Crippen LogP contribution in [0, 0.1) is 5.82 Å². The lowest BCUT2D eigenvalue weighted by Gasteiger charge is -2.20. The van der Waals surface area contributed by atoms with Crippen LogP contribution < -0.4 is 16.4 Å². The standard InChI is InChI=1S/C28H29FN8O2/c1-7-19-20(17-11-22(26(38)35(5)15-17)33-23-14-31-34-36(23)6)8-9-30-25(19)37-27(39)24-16(13-32-37)10-18(12-21(24)29)28(2,3)4/h8-15,33H,7H2,1-6H3. The summed E-state index contributed by atoms with van der Waals surface area (Å²) in [4.78, 5) is 30.9. The average molecular weight is 529 g/mol. The second kappa shape index (κ2) is 9.57. The second-order valence-corrected chi connectivity index (χ2v) is 10.5. The highest BCUT2D eigenvalue weighted by Crippen LogP contribution is 2.30. The number of fused-ring (bicyclic) bond motifs is 1. The van der Waals surface area contributed by atoms with Crippen LogP contribution in [-0.4, -0.2) is 34.3 Å². The van der Waals surface area contributed by atoms with Crippen LogP contribution in [0.4, 0.5) is 15.9 Å². The summed E-state index contributed by atoms with van der Waals surface area (Å²) in [5.41, 5.74) is 2.23. The molecule has 0 saturated carbocycles. The van der Waals surface area contributed by atoms with Crippen LogP contribution in [0.25, 0.3) is 27.7 Å². The van der Waals surface area contributed by atoms with Crippen molar-refractivity contribution in [2.24, 2.45) is 14.1 Å². The quantitative estimate of drug-likeness (QED) is 0.367. The van der Waals surface area contributed by atoms with E-state index in [-0.39, 0.29) is 16.4 Å². The third-order valence-corrected chi connectivity index (χ3v) is 6.76. The number of hydrogen-bond acceptors (Lipinski definition) is 7. The highest BCUT2D eigenvalue weighted by Gasteiger charge is 2.21. The van der Waals surface area contributed by atoms with E-state index in [4.69, 9.17) is 0 Å². The highest BCUT2D eigenvalue weighted by atomic mass is 19.1. The minimum absolute atomic E-state index is 0.0364. The Morgan fingerprint density at radius 2 is 1.82 bits per heavy atom. The zero-order valence-corrected chi connectivity index (χ0v) is 22.7. The van der Waals surface area contributed by atoms with Crippen molar-refractivity contribution >= 4 is 22.3 Å². The van der Waals surface area contributed by atoms with Gasteiger partial charge in [-0.2, -0.15) is 9.78 Å². The molecular weight excluding hydrogens is 499 g/mol. The largest absolute Gasteiger partial charge is 0.335 e. The predicted octanol–water partition coefficient (Wildman–Crippen LogP) is 4.02. The molecule has 0 radical (unpaired) electrons. The number of nitrogens with one attached hydrogen (secondary N) is 1. The molecule has 0 aliphatic heterocycles. The summed E-state index contributed by atoms with van der Waals surface area (Å²) in [6.07, 6.45) is 6.82.